The summed E-state index contributed by atoms with van der Waals surface area (Å²) in [7, 11) is 0. The number of carbonyl (C=O) groups is 1. The van der Waals surface area contributed by atoms with E-state index in [0.717, 1.165) is 24.1 Å². The molecule has 114 valence electrons. The summed E-state index contributed by atoms with van der Waals surface area (Å²) in [4.78, 5) is 11.5. The highest BCUT2D eigenvalue weighted by molar-refractivity contribution is 5.94. The van der Waals surface area contributed by atoms with Gasteiger partial charge in [0.2, 0.25) is 5.91 Å². The standard InChI is InChI=1S/C16H21FN2O2/c1-9-5-12(6-10(2)21-9)18-15-8-14-11(7-13(15)17)3-4-16(20)19-14/h7-10,12,18H,3-6H2,1-2H3,(H,19,20). The van der Waals surface area contributed by atoms with Gasteiger partial charge in [-0.3, -0.25) is 4.79 Å². The van der Waals surface area contributed by atoms with E-state index in [2.05, 4.69) is 10.6 Å². The Balaban J connectivity index is 1.79. The third-order valence-electron chi connectivity index (χ3n) is 4.15. The van der Waals surface area contributed by atoms with Crippen molar-refractivity contribution in [1.82, 2.24) is 0 Å². The van der Waals surface area contributed by atoms with Crippen LogP contribution in [-0.2, 0) is 16.0 Å². The summed E-state index contributed by atoms with van der Waals surface area (Å²) in [6.45, 7) is 4.07. The number of hydrogen-bond acceptors (Lipinski definition) is 3. The molecule has 1 fully saturated rings. The van der Waals surface area contributed by atoms with Crippen molar-refractivity contribution in [3.63, 3.8) is 0 Å². The summed E-state index contributed by atoms with van der Waals surface area (Å²) in [6, 6.07) is 3.44. The lowest BCUT2D eigenvalue weighted by molar-refractivity contribution is -0.116. The Bertz CT molecular complexity index is 551. The molecular weight excluding hydrogens is 271 g/mol. The van der Waals surface area contributed by atoms with Gasteiger partial charge in [-0.15, -0.1) is 0 Å². The number of aryl methyl sites for hydroxylation is 1. The summed E-state index contributed by atoms with van der Waals surface area (Å²) in [5, 5.41) is 6.08. The van der Waals surface area contributed by atoms with Crippen molar-refractivity contribution in [2.45, 2.75) is 57.8 Å². The molecule has 1 amide bonds. The van der Waals surface area contributed by atoms with Gasteiger partial charge >= 0.3 is 0 Å². The van der Waals surface area contributed by atoms with Gasteiger partial charge in [-0.2, -0.15) is 0 Å². The predicted octanol–water partition coefficient (Wildman–Crippen LogP) is 3.08. The van der Waals surface area contributed by atoms with Crippen molar-refractivity contribution in [3.8, 4) is 0 Å². The summed E-state index contributed by atoms with van der Waals surface area (Å²) < 4.78 is 19.9. The second-order valence-electron chi connectivity index (χ2n) is 6.11. The number of fused-ring (bicyclic) bond motifs is 1. The molecule has 2 N–H and O–H groups in total. The van der Waals surface area contributed by atoms with Crippen molar-refractivity contribution in [1.29, 1.82) is 0 Å². The predicted molar refractivity (Wildman–Crippen MR) is 80.0 cm³/mol. The average Bonchev–Trinajstić information content (AvgIpc) is 2.39. The second-order valence-corrected chi connectivity index (χ2v) is 6.11. The number of rotatable bonds is 2. The molecule has 1 aromatic rings. The number of benzene rings is 1. The smallest absolute Gasteiger partial charge is 0.224 e. The zero-order valence-corrected chi connectivity index (χ0v) is 12.4. The maximum atomic E-state index is 14.2. The molecule has 2 aliphatic rings. The molecule has 2 heterocycles. The molecule has 5 heteroatoms. The number of halogens is 1. The van der Waals surface area contributed by atoms with Crippen LogP contribution in [-0.4, -0.2) is 24.2 Å². The number of amides is 1. The molecule has 3 rings (SSSR count). The van der Waals surface area contributed by atoms with Crippen molar-refractivity contribution < 1.29 is 13.9 Å². The van der Waals surface area contributed by atoms with Crippen molar-refractivity contribution in [2.24, 2.45) is 0 Å². The minimum Gasteiger partial charge on any atom is -0.380 e. The van der Waals surface area contributed by atoms with Crippen molar-refractivity contribution >= 4 is 17.3 Å². The van der Waals surface area contributed by atoms with Crippen LogP contribution in [0.4, 0.5) is 15.8 Å². The van der Waals surface area contributed by atoms with E-state index in [9.17, 15) is 9.18 Å². The highest BCUT2D eigenvalue weighted by Crippen LogP contribution is 2.30. The Morgan fingerprint density at radius 1 is 1.24 bits per heavy atom. The van der Waals surface area contributed by atoms with Gasteiger partial charge in [-0.05, 0) is 50.8 Å². The topological polar surface area (TPSA) is 50.4 Å². The van der Waals surface area contributed by atoms with E-state index in [1.54, 1.807) is 6.07 Å². The molecule has 2 unspecified atom stereocenters. The first-order chi connectivity index (χ1) is 10.0. The van der Waals surface area contributed by atoms with Crippen LogP contribution in [0.3, 0.4) is 0 Å². The van der Waals surface area contributed by atoms with E-state index in [-0.39, 0.29) is 30.0 Å². The third kappa shape index (κ3) is 3.18. The maximum absolute atomic E-state index is 14.2. The lowest BCUT2D eigenvalue weighted by Crippen LogP contribution is -2.37. The Morgan fingerprint density at radius 2 is 1.95 bits per heavy atom. The van der Waals surface area contributed by atoms with Crippen LogP contribution in [0.5, 0.6) is 0 Å². The molecule has 0 saturated carbocycles. The summed E-state index contributed by atoms with van der Waals surface area (Å²) in [6.07, 6.45) is 3.08. The van der Waals surface area contributed by atoms with Crippen LogP contribution in [0, 0.1) is 5.82 Å². The fraction of sp³-hybridized carbons (Fsp3) is 0.562. The molecule has 2 aliphatic heterocycles. The highest BCUT2D eigenvalue weighted by Gasteiger charge is 2.25. The maximum Gasteiger partial charge on any atom is 0.224 e. The van der Waals surface area contributed by atoms with Gasteiger partial charge in [-0.1, -0.05) is 0 Å². The minimum absolute atomic E-state index is 0.00614. The molecular formula is C16H21FN2O2. The van der Waals surface area contributed by atoms with Crippen LogP contribution < -0.4 is 10.6 Å². The van der Waals surface area contributed by atoms with Crippen molar-refractivity contribution in [2.75, 3.05) is 10.6 Å². The Kier molecular flexibility index (Phi) is 3.85. The molecule has 4 nitrogen and oxygen atoms in total. The zero-order chi connectivity index (χ0) is 15.0. The van der Waals surface area contributed by atoms with Crippen LogP contribution in [0.2, 0.25) is 0 Å². The van der Waals surface area contributed by atoms with E-state index in [0.29, 0.717) is 18.5 Å². The van der Waals surface area contributed by atoms with E-state index < -0.39 is 0 Å². The molecule has 1 saturated heterocycles. The molecule has 0 aromatic heterocycles. The number of carbonyl (C=O) groups excluding carboxylic acids is 1. The second kappa shape index (κ2) is 5.64. The SMILES string of the molecule is CC1CC(Nc2cc3c(cc2F)CCC(=O)N3)CC(C)O1. The number of ether oxygens (including phenoxy) is 1. The van der Waals surface area contributed by atoms with Crippen LogP contribution in [0.1, 0.15) is 38.7 Å². The number of hydrogen-bond donors (Lipinski definition) is 2. The fourth-order valence-corrected chi connectivity index (χ4v) is 3.25. The third-order valence-corrected chi connectivity index (χ3v) is 4.15. The summed E-state index contributed by atoms with van der Waals surface area (Å²) >= 11 is 0. The van der Waals surface area contributed by atoms with E-state index >= 15 is 0 Å². The minimum atomic E-state index is -0.253. The number of nitrogens with one attached hydrogen (secondary N) is 2. The molecule has 0 aliphatic carbocycles. The average molecular weight is 292 g/mol. The van der Waals surface area contributed by atoms with Crippen molar-refractivity contribution in [3.05, 3.63) is 23.5 Å². The van der Waals surface area contributed by atoms with Gasteiger partial charge in [0.25, 0.3) is 0 Å². The van der Waals surface area contributed by atoms with E-state index in [4.69, 9.17) is 4.74 Å². The zero-order valence-electron chi connectivity index (χ0n) is 12.4. The normalized spacial score (nSPS) is 28.7. The van der Waals surface area contributed by atoms with Crippen LogP contribution in [0.25, 0.3) is 0 Å². The first kappa shape index (κ1) is 14.3. The quantitative estimate of drug-likeness (QED) is 0.880. The molecule has 1 aromatic carbocycles. The first-order valence-electron chi connectivity index (χ1n) is 7.55. The molecule has 0 spiro atoms. The highest BCUT2D eigenvalue weighted by atomic mass is 19.1. The Labute approximate surface area is 124 Å². The molecule has 21 heavy (non-hydrogen) atoms. The lowest BCUT2D eigenvalue weighted by atomic mass is 9.98. The fourth-order valence-electron chi connectivity index (χ4n) is 3.25. The summed E-state index contributed by atoms with van der Waals surface area (Å²) in [5.74, 6) is -0.259. The molecule has 0 bridgehead atoms. The number of anilines is 2. The monoisotopic (exact) mass is 292 g/mol. The summed E-state index contributed by atoms with van der Waals surface area (Å²) in [5.41, 5.74) is 2.05. The van der Waals surface area contributed by atoms with Gasteiger partial charge in [0.05, 0.1) is 17.9 Å². The molecule has 0 radical (unpaired) electrons. The Hall–Kier alpha value is -1.62. The Morgan fingerprint density at radius 3 is 2.67 bits per heavy atom. The van der Waals surface area contributed by atoms with Gasteiger partial charge in [0, 0.05) is 18.2 Å². The van der Waals surface area contributed by atoms with Gasteiger partial charge in [0.15, 0.2) is 0 Å². The van der Waals surface area contributed by atoms with Crippen LogP contribution in [0.15, 0.2) is 12.1 Å². The first-order valence-corrected chi connectivity index (χ1v) is 7.55. The molecule has 2 atom stereocenters. The van der Waals surface area contributed by atoms with Gasteiger partial charge in [0.1, 0.15) is 5.82 Å². The van der Waals surface area contributed by atoms with E-state index in [1.807, 2.05) is 13.8 Å². The van der Waals surface area contributed by atoms with E-state index in [1.165, 1.54) is 6.07 Å². The van der Waals surface area contributed by atoms with Gasteiger partial charge in [-0.25, -0.2) is 4.39 Å². The lowest BCUT2D eigenvalue weighted by Gasteiger charge is -2.33. The largest absolute Gasteiger partial charge is 0.380 e. The van der Waals surface area contributed by atoms with Crippen LogP contribution >= 0.6 is 0 Å². The van der Waals surface area contributed by atoms with Gasteiger partial charge < -0.3 is 15.4 Å².